The molecule has 0 aliphatic carbocycles. The van der Waals surface area contributed by atoms with E-state index >= 15 is 0 Å². The maximum Gasteiger partial charge on any atom is -0.0134 e. The first-order valence-corrected chi connectivity index (χ1v) is 15.7. The molecule has 0 aliphatic heterocycles. The summed E-state index contributed by atoms with van der Waals surface area (Å²) in [4.78, 5) is 0. The number of hydrogen-bond donors (Lipinski definition) is 0. The van der Waals surface area contributed by atoms with Gasteiger partial charge in [0.05, 0.1) is 0 Å². The molecule has 0 atom stereocenters. The quantitative estimate of drug-likeness (QED) is 0.137. The fraction of sp³-hybridized carbons (Fsp3) is 0. The first-order valence-electron chi connectivity index (χ1n) is 13.0. The van der Waals surface area contributed by atoms with Gasteiger partial charge in [0.15, 0.2) is 0 Å². The fourth-order valence-corrected chi connectivity index (χ4v) is 8.97. The molecule has 1 nitrogen and oxygen atoms in total. The first-order chi connectivity index (χ1) is 19.9. The molecular formula is C37H31NP2Pt. The Hall–Kier alpha value is -3.64. The molecule has 0 saturated heterocycles. The van der Waals surface area contributed by atoms with Crippen LogP contribution in [0.1, 0.15) is 0 Å². The summed E-state index contributed by atoms with van der Waals surface area (Å²) in [7, 11) is -0.892. The third kappa shape index (κ3) is 9.19. The van der Waals surface area contributed by atoms with Crippen molar-refractivity contribution in [2.45, 2.75) is 0 Å². The summed E-state index contributed by atoms with van der Waals surface area (Å²) in [5.41, 5.74) is 0. The van der Waals surface area contributed by atoms with E-state index in [4.69, 9.17) is 11.8 Å². The average Bonchev–Trinajstić information content (AvgIpc) is 3.06. The molecule has 0 aliphatic rings. The molecule has 0 spiro atoms. The van der Waals surface area contributed by atoms with Gasteiger partial charge in [0.2, 0.25) is 0 Å². The van der Waals surface area contributed by atoms with E-state index in [0.29, 0.717) is 0 Å². The SMILES string of the molecule is [C-]#N.[PtH+].c1ccc(P(c2ccccc2)c2ccccc2)cc1.c1ccc(P(c2ccccc2)c2ccccc2)cc1. The Morgan fingerprint density at radius 1 is 0.268 bits per heavy atom. The molecule has 0 aromatic heterocycles. The monoisotopic (exact) mass is 746 g/mol. The van der Waals surface area contributed by atoms with E-state index in [1.54, 1.807) is 0 Å². The van der Waals surface area contributed by atoms with Gasteiger partial charge < -0.3 is 11.8 Å². The smallest absolute Gasteiger partial charge is 0.0134 e. The van der Waals surface area contributed by atoms with Crippen molar-refractivity contribution in [3.8, 4) is 0 Å². The summed E-state index contributed by atoms with van der Waals surface area (Å²) in [6, 6.07) is 64.7. The van der Waals surface area contributed by atoms with Crippen LogP contribution < -0.4 is 31.8 Å². The minimum atomic E-state index is -0.446. The largest absolute Gasteiger partial charge is 0.0622 e. The van der Waals surface area contributed by atoms with Gasteiger partial charge in [0.1, 0.15) is 0 Å². The Kier molecular flexibility index (Phi) is 13.9. The number of benzene rings is 6. The molecule has 0 N–H and O–H groups in total. The maximum absolute atomic E-state index is 6.25. The van der Waals surface area contributed by atoms with Crippen LogP contribution in [0.5, 0.6) is 0 Å². The van der Waals surface area contributed by atoms with Gasteiger partial charge in [-0.25, -0.2) is 0 Å². The van der Waals surface area contributed by atoms with Crippen LogP contribution in [0.4, 0.5) is 0 Å². The molecule has 4 heteroatoms. The van der Waals surface area contributed by atoms with Crippen molar-refractivity contribution in [2.24, 2.45) is 0 Å². The van der Waals surface area contributed by atoms with E-state index in [9.17, 15) is 0 Å². The van der Waals surface area contributed by atoms with Gasteiger partial charge in [-0.3, -0.25) is 0 Å². The van der Waals surface area contributed by atoms with Gasteiger partial charge in [0.25, 0.3) is 0 Å². The summed E-state index contributed by atoms with van der Waals surface area (Å²) in [5.74, 6) is 0. The van der Waals surface area contributed by atoms with Crippen LogP contribution >= 0.6 is 15.8 Å². The van der Waals surface area contributed by atoms with Gasteiger partial charge in [-0.05, 0) is 47.7 Å². The number of hydrogen-bond acceptors (Lipinski definition) is 1. The molecule has 204 valence electrons. The zero-order valence-electron chi connectivity index (χ0n) is 22.5. The zero-order valence-corrected chi connectivity index (χ0v) is 26.7. The molecule has 0 amide bonds. The fourth-order valence-electron chi connectivity index (χ4n) is 4.36. The summed E-state index contributed by atoms with van der Waals surface area (Å²) in [6.45, 7) is 4.75. The molecule has 0 bridgehead atoms. The molecule has 0 heterocycles. The van der Waals surface area contributed by atoms with Crippen LogP contribution in [0, 0.1) is 11.8 Å². The normalized spacial score (nSPS) is 9.85. The third-order valence-electron chi connectivity index (χ3n) is 6.09. The predicted molar refractivity (Wildman–Crippen MR) is 177 cm³/mol. The van der Waals surface area contributed by atoms with Crippen molar-refractivity contribution in [1.29, 1.82) is 5.26 Å². The second kappa shape index (κ2) is 17.9. The Bertz CT molecular complexity index is 1220. The van der Waals surface area contributed by atoms with Gasteiger partial charge in [-0.15, -0.1) is 0 Å². The third-order valence-corrected chi connectivity index (χ3v) is 11.0. The van der Waals surface area contributed by atoms with Gasteiger partial charge in [0, 0.05) is 0 Å². The van der Waals surface area contributed by atoms with E-state index in [2.05, 4.69) is 182 Å². The van der Waals surface area contributed by atoms with E-state index in [-0.39, 0.29) is 21.1 Å². The van der Waals surface area contributed by atoms with Crippen molar-refractivity contribution in [1.82, 2.24) is 0 Å². The van der Waals surface area contributed by atoms with Crippen molar-refractivity contribution in [2.75, 3.05) is 0 Å². The molecule has 6 aromatic carbocycles. The molecule has 0 saturated carbocycles. The Morgan fingerprint density at radius 2 is 0.390 bits per heavy atom. The van der Waals surface area contributed by atoms with Crippen molar-refractivity contribution >= 4 is 47.7 Å². The standard InChI is InChI=1S/2C18H15P.CN.Pt.H/c2*1-4-10-16(11-5-1)19(17-12-6-2-7-13-17)18-14-8-3-9-15-18;1-2;;/h2*1-15H;;;/q;;-1;+1;. The molecule has 0 fully saturated rings. The summed E-state index contributed by atoms with van der Waals surface area (Å²) >= 11 is 0. The summed E-state index contributed by atoms with van der Waals surface area (Å²) < 4.78 is 0. The van der Waals surface area contributed by atoms with Crippen LogP contribution in [-0.2, 0) is 21.1 Å². The van der Waals surface area contributed by atoms with Crippen LogP contribution in [-0.4, -0.2) is 0 Å². The van der Waals surface area contributed by atoms with E-state index in [1.807, 2.05) is 0 Å². The van der Waals surface area contributed by atoms with Crippen molar-refractivity contribution < 1.29 is 21.1 Å². The Balaban J connectivity index is 0.000000208. The minimum absolute atomic E-state index is 0. The molecule has 6 aromatic rings. The number of rotatable bonds is 6. The minimum Gasteiger partial charge on any atom is -0.0622 e. The van der Waals surface area contributed by atoms with Crippen LogP contribution in [0.2, 0.25) is 0 Å². The van der Waals surface area contributed by atoms with E-state index < -0.39 is 15.8 Å². The van der Waals surface area contributed by atoms with Crippen molar-refractivity contribution in [3.63, 3.8) is 0 Å². The maximum atomic E-state index is 6.25. The first kappa shape index (κ1) is 31.9. The van der Waals surface area contributed by atoms with Crippen LogP contribution in [0.3, 0.4) is 0 Å². The van der Waals surface area contributed by atoms with Gasteiger partial charge in [-0.2, -0.15) is 0 Å². The second-order valence-electron chi connectivity index (χ2n) is 8.68. The van der Waals surface area contributed by atoms with Gasteiger partial charge >= 0.3 is 21.1 Å². The van der Waals surface area contributed by atoms with Crippen LogP contribution in [0.15, 0.2) is 182 Å². The Morgan fingerprint density at radius 3 is 0.512 bits per heavy atom. The molecule has 6 rings (SSSR count). The summed E-state index contributed by atoms with van der Waals surface area (Å²) in [6.07, 6.45) is 0. The van der Waals surface area contributed by atoms with E-state index in [1.165, 1.54) is 31.8 Å². The van der Waals surface area contributed by atoms with Gasteiger partial charge in [-0.1, -0.05) is 182 Å². The number of nitrogens with zero attached hydrogens (tertiary/aromatic N) is 1. The van der Waals surface area contributed by atoms with E-state index in [0.717, 1.165) is 0 Å². The predicted octanol–water partition coefficient (Wildman–Crippen LogP) is 6.72. The zero-order chi connectivity index (χ0) is 27.8. The van der Waals surface area contributed by atoms with Crippen LogP contribution in [0.25, 0.3) is 0 Å². The molecule has 41 heavy (non-hydrogen) atoms. The summed E-state index contributed by atoms with van der Waals surface area (Å²) in [5, 5.41) is 14.6. The second-order valence-corrected chi connectivity index (χ2v) is 13.1. The Labute approximate surface area is 261 Å². The topological polar surface area (TPSA) is 23.8 Å². The van der Waals surface area contributed by atoms with Crippen molar-refractivity contribution in [3.05, 3.63) is 189 Å². The molecule has 0 unspecified atom stereocenters. The molecule has 1 radical (unpaired) electrons. The molecular weight excluding hydrogens is 715 g/mol. The average molecular weight is 747 g/mol.